The van der Waals surface area contributed by atoms with Gasteiger partial charge in [0.25, 0.3) is 0 Å². The number of carbonyl (C=O) groups excluding carboxylic acids is 1. The molecule has 4 nitrogen and oxygen atoms in total. The maximum Gasteiger partial charge on any atom is 0.338 e. The van der Waals surface area contributed by atoms with Crippen molar-refractivity contribution in [2.24, 2.45) is 0 Å². The van der Waals surface area contributed by atoms with Gasteiger partial charge in [0.1, 0.15) is 6.10 Å². The second kappa shape index (κ2) is 13.5. The highest BCUT2D eigenvalue weighted by Gasteiger charge is 2.31. The minimum absolute atomic E-state index is 0.0205. The Morgan fingerprint density at radius 1 is 0.816 bits per heavy atom. The van der Waals surface area contributed by atoms with Crippen LogP contribution in [0.4, 0.5) is 13.2 Å². The minimum Gasteiger partial charge on any atom is -0.491 e. The Hall–Kier alpha value is -2.54. The summed E-state index contributed by atoms with van der Waals surface area (Å²) in [6.07, 6.45) is 7.67. The summed E-state index contributed by atoms with van der Waals surface area (Å²) in [7, 11) is 0. The molecule has 0 unspecified atom stereocenters. The molecule has 2 fully saturated rings. The molecule has 2 aliphatic rings. The van der Waals surface area contributed by atoms with Crippen molar-refractivity contribution in [3.8, 4) is 5.75 Å². The van der Waals surface area contributed by atoms with Gasteiger partial charge in [0.2, 0.25) is 0 Å². The molecule has 0 bridgehead atoms. The molecule has 7 heteroatoms. The molecule has 0 N–H and O–H groups in total. The van der Waals surface area contributed by atoms with E-state index in [1.54, 1.807) is 19.1 Å². The second-order valence-electron chi connectivity index (χ2n) is 10.5. The maximum atomic E-state index is 15.2. The van der Waals surface area contributed by atoms with Gasteiger partial charge in [-0.25, -0.2) is 18.0 Å². The SMILES string of the molecule is CCCCOC1CCC(c2ccc(C3CCC(OC(=O)c4ccc(OCC)c(F)c4)CC3)c(F)c2F)CC1. The molecule has 4 rings (SSSR count). The van der Waals surface area contributed by atoms with Crippen LogP contribution < -0.4 is 4.74 Å². The number of esters is 1. The van der Waals surface area contributed by atoms with Gasteiger partial charge in [-0.3, -0.25) is 0 Å². The van der Waals surface area contributed by atoms with Gasteiger partial charge in [0.05, 0.1) is 18.3 Å². The summed E-state index contributed by atoms with van der Waals surface area (Å²) in [4.78, 5) is 12.5. The molecule has 0 heterocycles. The fourth-order valence-corrected chi connectivity index (χ4v) is 5.76. The largest absolute Gasteiger partial charge is 0.491 e. The van der Waals surface area contributed by atoms with Crippen LogP contribution in [-0.4, -0.2) is 31.4 Å². The summed E-state index contributed by atoms with van der Waals surface area (Å²) in [5.41, 5.74) is 1.00. The number of hydrogen-bond acceptors (Lipinski definition) is 4. The van der Waals surface area contributed by atoms with Crippen LogP contribution in [0.3, 0.4) is 0 Å². The monoisotopic (exact) mass is 532 g/mol. The summed E-state index contributed by atoms with van der Waals surface area (Å²) in [6, 6.07) is 7.53. The van der Waals surface area contributed by atoms with Crippen molar-refractivity contribution in [1.82, 2.24) is 0 Å². The van der Waals surface area contributed by atoms with Crippen molar-refractivity contribution in [1.29, 1.82) is 0 Å². The van der Waals surface area contributed by atoms with Crippen LogP contribution in [0.1, 0.15) is 111 Å². The van der Waals surface area contributed by atoms with Gasteiger partial charge in [-0.15, -0.1) is 0 Å². The lowest BCUT2D eigenvalue weighted by Crippen LogP contribution is -2.25. The highest BCUT2D eigenvalue weighted by atomic mass is 19.2. The molecule has 0 atom stereocenters. The van der Waals surface area contributed by atoms with Crippen molar-refractivity contribution < 1.29 is 32.2 Å². The van der Waals surface area contributed by atoms with E-state index in [2.05, 4.69) is 6.92 Å². The van der Waals surface area contributed by atoms with Crippen LogP contribution in [0.25, 0.3) is 0 Å². The van der Waals surface area contributed by atoms with Crippen LogP contribution in [0.2, 0.25) is 0 Å². The number of hydrogen-bond donors (Lipinski definition) is 0. The van der Waals surface area contributed by atoms with Gasteiger partial charge in [-0.05, 0) is 106 Å². The van der Waals surface area contributed by atoms with Gasteiger partial charge >= 0.3 is 5.97 Å². The zero-order chi connectivity index (χ0) is 27.1. The lowest BCUT2D eigenvalue weighted by Gasteiger charge is -2.31. The first-order chi connectivity index (χ1) is 18.4. The Kier molecular flexibility index (Phi) is 10.1. The molecule has 2 aromatic carbocycles. The molecular formula is C31H39F3O4. The van der Waals surface area contributed by atoms with E-state index in [-0.39, 0.29) is 35.4 Å². The summed E-state index contributed by atoms with van der Waals surface area (Å²) in [5, 5.41) is 0. The van der Waals surface area contributed by atoms with Crippen LogP contribution in [-0.2, 0) is 9.47 Å². The van der Waals surface area contributed by atoms with Crippen LogP contribution in [0.5, 0.6) is 5.75 Å². The molecule has 2 aliphatic carbocycles. The van der Waals surface area contributed by atoms with Crippen molar-refractivity contribution >= 4 is 5.97 Å². The smallest absolute Gasteiger partial charge is 0.338 e. The minimum atomic E-state index is -0.742. The highest BCUT2D eigenvalue weighted by Crippen LogP contribution is 2.40. The van der Waals surface area contributed by atoms with Gasteiger partial charge in [0, 0.05) is 6.61 Å². The molecule has 0 aliphatic heterocycles. The number of rotatable bonds is 10. The van der Waals surface area contributed by atoms with E-state index in [1.165, 1.54) is 12.1 Å². The molecule has 0 spiro atoms. The number of unbranched alkanes of at least 4 members (excludes halogenated alkanes) is 1. The fraction of sp³-hybridized carbons (Fsp3) is 0.581. The Bertz CT molecular complexity index is 1070. The molecule has 2 aromatic rings. The highest BCUT2D eigenvalue weighted by molar-refractivity contribution is 5.89. The normalized spacial score (nSPS) is 23.7. The quantitative estimate of drug-likeness (QED) is 0.228. The maximum absolute atomic E-state index is 15.2. The fourth-order valence-electron chi connectivity index (χ4n) is 5.76. The topological polar surface area (TPSA) is 44.8 Å². The number of carbonyl (C=O) groups is 1. The summed E-state index contributed by atoms with van der Waals surface area (Å²) in [5.74, 6) is -2.68. The number of benzene rings is 2. The molecule has 0 radical (unpaired) electrons. The Balaban J connectivity index is 1.30. The van der Waals surface area contributed by atoms with E-state index < -0.39 is 23.4 Å². The summed E-state index contributed by atoms with van der Waals surface area (Å²) in [6.45, 7) is 4.98. The van der Waals surface area contributed by atoms with Crippen molar-refractivity contribution in [2.45, 2.75) is 102 Å². The average molecular weight is 533 g/mol. The van der Waals surface area contributed by atoms with E-state index >= 15 is 8.78 Å². The summed E-state index contributed by atoms with van der Waals surface area (Å²) >= 11 is 0. The van der Waals surface area contributed by atoms with Crippen LogP contribution >= 0.6 is 0 Å². The molecule has 38 heavy (non-hydrogen) atoms. The van der Waals surface area contributed by atoms with Crippen LogP contribution in [0.15, 0.2) is 30.3 Å². The van der Waals surface area contributed by atoms with Gasteiger partial charge in [-0.1, -0.05) is 25.5 Å². The Morgan fingerprint density at radius 2 is 1.39 bits per heavy atom. The molecule has 208 valence electrons. The first-order valence-electron chi connectivity index (χ1n) is 14.1. The molecular weight excluding hydrogens is 493 g/mol. The molecule has 2 saturated carbocycles. The van der Waals surface area contributed by atoms with E-state index in [1.807, 2.05) is 0 Å². The average Bonchev–Trinajstić information content (AvgIpc) is 2.92. The standard InChI is InChI=1S/C31H39F3O4/c1-3-5-18-37-23-11-6-20(7-12-23)25-15-16-26(30(34)29(25)33)21-8-13-24(14-9-21)38-31(35)22-10-17-28(36-4-2)27(32)19-22/h10,15-17,19-21,23-24H,3-9,11-14,18H2,1-2H3. The van der Waals surface area contributed by atoms with Gasteiger partial charge in [0.15, 0.2) is 23.2 Å². The Morgan fingerprint density at radius 3 is 1.92 bits per heavy atom. The van der Waals surface area contributed by atoms with E-state index in [0.29, 0.717) is 43.4 Å². The number of halogens is 3. The van der Waals surface area contributed by atoms with Gasteiger partial charge in [-0.2, -0.15) is 0 Å². The third-order valence-electron chi connectivity index (χ3n) is 7.96. The summed E-state index contributed by atoms with van der Waals surface area (Å²) < 4.78 is 61.2. The van der Waals surface area contributed by atoms with Crippen molar-refractivity contribution in [2.75, 3.05) is 13.2 Å². The lowest BCUT2D eigenvalue weighted by atomic mass is 9.79. The molecule has 0 saturated heterocycles. The Labute approximate surface area is 223 Å². The lowest BCUT2D eigenvalue weighted by molar-refractivity contribution is 0.0193. The predicted molar refractivity (Wildman–Crippen MR) is 140 cm³/mol. The van der Waals surface area contributed by atoms with Crippen molar-refractivity contribution in [3.05, 3.63) is 64.5 Å². The predicted octanol–water partition coefficient (Wildman–Crippen LogP) is 8.23. The van der Waals surface area contributed by atoms with E-state index in [0.717, 1.165) is 51.2 Å². The zero-order valence-electron chi connectivity index (χ0n) is 22.4. The second-order valence-corrected chi connectivity index (χ2v) is 10.5. The zero-order valence-corrected chi connectivity index (χ0v) is 22.4. The third kappa shape index (κ3) is 6.90. The molecule has 0 aromatic heterocycles. The van der Waals surface area contributed by atoms with Crippen molar-refractivity contribution in [3.63, 3.8) is 0 Å². The molecule has 0 amide bonds. The number of ether oxygens (including phenoxy) is 3. The first kappa shape index (κ1) is 28.5. The first-order valence-corrected chi connectivity index (χ1v) is 14.1. The van der Waals surface area contributed by atoms with E-state index in [9.17, 15) is 9.18 Å². The van der Waals surface area contributed by atoms with E-state index in [4.69, 9.17) is 14.2 Å². The van der Waals surface area contributed by atoms with Gasteiger partial charge < -0.3 is 14.2 Å². The third-order valence-corrected chi connectivity index (χ3v) is 7.96. The van der Waals surface area contributed by atoms with Crippen LogP contribution in [0, 0.1) is 17.5 Å².